The molecule has 0 saturated heterocycles. The van der Waals surface area contributed by atoms with Gasteiger partial charge in [0.2, 0.25) is 5.91 Å². The minimum absolute atomic E-state index is 0.0441. The van der Waals surface area contributed by atoms with E-state index in [1.165, 1.54) is 4.68 Å². The first-order valence-electron chi connectivity index (χ1n) is 13.3. The molecule has 0 bridgehead atoms. The number of aromatic nitrogens is 4. The lowest BCUT2D eigenvalue weighted by molar-refractivity contribution is -0.118. The fraction of sp³-hybridized carbons (Fsp3) is 0.667. The molecule has 206 valence electrons. The van der Waals surface area contributed by atoms with Crippen LogP contribution in [-0.4, -0.2) is 52.5 Å². The van der Waals surface area contributed by atoms with Gasteiger partial charge in [0.05, 0.1) is 16.1 Å². The van der Waals surface area contributed by atoms with Crippen LogP contribution in [0.4, 0.5) is 5.69 Å². The molecule has 38 heavy (non-hydrogen) atoms. The number of hydrogen-bond donors (Lipinski definition) is 1. The Labute approximate surface area is 231 Å². The molecular formula is C27H37N5O4S2. The van der Waals surface area contributed by atoms with E-state index >= 15 is 0 Å². The molecule has 2 aromatic rings. The van der Waals surface area contributed by atoms with Crippen LogP contribution in [0.25, 0.3) is 0 Å². The van der Waals surface area contributed by atoms with Crippen molar-refractivity contribution in [2.24, 2.45) is 18.4 Å². The number of thiophene rings is 1. The third-order valence-electron chi connectivity index (χ3n) is 7.69. The molecule has 11 heteroatoms. The second-order valence-corrected chi connectivity index (χ2v) is 14.2. The molecule has 1 N–H and O–H groups in total. The fourth-order valence-electron chi connectivity index (χ4n) is 6.07. The molecular weight excluding hydrogens is 522 g/mol. The van der Waals surface area contributed by atoms with Crippen LogP contribution in [0.15, 0.2) is 11.2 Å². The summed E-state index contributed by atoms with van der Waals surface area (Å²) in [6.45, 7) is 7.57. The molecule has 0 aromatic carbocycles. The van der Waals surface area contributed by atoms with Crippen LogP contribution in [0.5, 0.6) is 0 Å². The number of carboxylic acids is 1. The van der Waals surface area contributed by atoms with Gasteiger partial charge in [-0.1, -0.05) is 36.2 Å². The van der Waals surface area contributed by atoms with Crippen molar-refractivity contribution < 1.29 is 19.2 Å². The number of hydrogen-bond acceptors (Lipinski definition) is 7. The Morgan fingerprint density at radius 1 is 1.21 bits per heavy atom. The van der Waals surface area contributed by atoms with Gasteiger partial charge in [-0.25, -0.2) is 4.79 Å². The molecule has 2 aliphatic carbocycles. The standard InChI is InChI=1S/C27H37N5O4S2/c1-18(33)32(22-17-20(13-16-26(2,3)4)37-23(22)24(34)35)27(14-7-6-8-15-27)19-9-11-21(12-10-19)38(36)25-28-29-30-31(25)5/h17,19,21H,6-12,14-15H2,1-5H3,(H,34,35). The van der Waals surface area contributed by atoms with E-state index in [1.54, 1.807) is 20.0 Å². The average molecular weight is 560 g/mol. The summed E-state index contributed by atoms with van der Waals surface area (Å²) in [4.78, 5) is 28.4. The van der Waals surface area contributed by atoms with Gasteiger partial charge < -0.3 is 14.6 Å². The van der Waals surface area contributed by atoms with E-state index in [0.717, 1.165) is 69.1 Å². The first kappa shape index (κ1) is 28.6. The summed E-state index contributed by atoms with van der Waals surface area (Å²) in [5.41, 5.74) is -0.230. The Morgan fingerprint density at radius 3 is 2.39 bits per heavy atom. The normalized spacial score (nSPS) is 22.3. The summed E-state index contributed by atoms with van der Waals surface area (Å²) in [5.74, 6) is 5.33. The third-order valence-corrected chi connectivity index (χ3v) is 10.5. The molecule has 1 amide bonds. The zero-order chi connectivity index (χ0) is 27.7. The van der Waals surface area contributed by atoms with Crippen LogP contribution in [0, 0.1) is 23.2 Å². The summed E-state index contributed by atoms with van der Waals surface area (Å²) in [6.07, 6.45) is 7.86. The lowest BCUT2D eigenvalue weighted by Gasteiger charge is -2.52. The minimum Gasteiger partial charge on any atom is -0.609 e. The van der Waals surface area contributed by atoms with Crippen molar-refractivity contribution in [3.05, 3.63) is 15.8 Å². The van der Waals surface area contributed by atoms with Crippen molar-refractivity contribution in [3.8, 4) is 11.8 Å². The maximum atomic E-state index is 13.4. The highest BCUT2D eigenvalue weighted by atomic mass is 32.2. The van der Waals surface area contributed by atoms with Gasteiger partial charge in [0.1, 0.15) is 10.1 Å². The van der Waals surface area contributed by atoms with Gasteiger partial charge >= 0.3 is 11.1 Å². The number of tetrazole rings is 1. The van der Waals surface area contributed by atoms with Gasteiger partial charge in [0.15, 0.2) is 0 Å². The molecule has 2 heterocycles. The molecule has 9 nitrogen and oxygen atoms in total. The number of anilines is 1. The number of carbonyl (C=O) groups excluding carboxylic acids is 1. The van der Waals surface area contributed by atoms with E-state index < -0.39 is 22.7 Å². The molecule has 1 unspecified atom stereocenters. The van der Waals surface area contributed by atoms with Crippen LogP contribution in [-0.2, 0) is 23.0 Å². The highest BCUT2D eigenvalue weighted by Gasteiger charge is 2.50. The number of aryl methyl sites for hydroxylation is 1. The third kappa shape index (κ3) is 5.92. The van der Waals surface area contributed by atoms with Gasteiger partial charge in [-0.3, -0.25) is 4.79 Å². The molecule has 0 aliphatic heterocycles. The summed E-state index contributed by atoms with van der Waals surface area (Å²) in [5, 5.41) is 21.9. The average Bonchev–Trinajstić information content (AvgIpc) is 3.49. The molecule has 0 spiro atoms. The Kier molecular flexibility index (Phi) is 8.55. The van der Waals surface area contributed by atoms with Crippen LogP contribution in [0.2, 0.25) is 0 Å². The SMILES string of the molecule is CC(=O)N(c1cc(C#CC(C)(C)C)sc1C(=O)O)C1(C2CCC([S+]([O-])c3nnnn3C)CC2)CCCCC1. The second kappa shape index (κ2) is 11.4. The number of carbonyl (C=O) groups is 2. The Hall–Kier alpha value is -2.42. The Bertz CT molecular complexity index is 1220. The van der Waals surface area contributed by atoms with Gasteiger partial charge in [0.25, 0.3) is 0 Å². The maximum absolute atomic E-state index is 13.4. The molecule has 2 saturated carbocycles. The van der Waals surface area contributed by atoms with E-state index in [-0.39, 0.29) is 27.4 Å². The molecule has 2 aromatic heterocycles. The molecule has 4 rings (SSSR count). The predicted molar refractivity (Wildman–Crippen MR) is 148 cm³/mol. The number of amides is 1. The maximum Gasteiger partial charge on any atom is 0.361 e. The van der Waals surface area contributed by atoms with Crippen LogP contribution in [0.3, 0.4) is 0 Å². The highest BCUT2D eigenvalue weighted by molar-refractivity contribution is 7.91. The number of carboxylic acid groups (broad SMARTS) is 1. The van der Waals surface area contributed by atoms with Gasteiger partial charge in [0, 0.05) is 30.6 Å². The first-order chi connectivity index (χ1) is 17.9. The van der Waals surface area contributed by atoms with Crippen molar-refractivity contribution in [1.29, 1.82) is 0 Å². The van der Waals surface area contributed by atoms with E-state index in [0.29, 0.717) is 15.7 Å². The largest absolute Gasteiger partial charge is 0.609 e. The lowest BCUT2D eigenvalue weighted by Crippen LogP contribution is -2.58. The van der Waals surface area contributed by atoms with Gasteiger partial charge in [-0.15, -0.1) is 11.3 Å². The summed E-state index contributed by atoms with van der Waals surface area (Å²) in [6, 6.07) is 1.80. The lowest BCUT2D eigenvalue weighted by atomic mass is 9.66. The quantitative estimate of drug-likeness (QED) is 0.399. The Balaban J connectivity index is 1.68. The summed E-state index contributed by atoms with van der Waals surface area (Å²) >= 11 is -0.161. The van der Waals surface area contributed by atoms with E-state index in [1.807, 2.05) is 25.7 Å². The number of aromatic carboxylic acids is 1. The molecule has 1 atom stereocenters. The van der Waals surface area contributed by atoms with Crippen molar-refractivity contribution in [2.75, 3.05) is 4.90 Å². The van der Waals surface area contributed by atoms with Crippen molar-refractivity contribution in [1.82, 2.24) is 20.2 Å². The van der Waals surface area contributed by atoms with E-state index in [4.69, 9.17) is 0 Å². The predicted octanol–water partition coefficient (Wildman–Crippen LogP) is 4.79. The molecule has 2 fully saturated rings. The molecule has 0 radical (unpaired) electrons. The van der Waals surface area contributed by atoms with Crippen molar-refractivity contribution in [2.45, 2.75) is 101 Å². The van der Waals surface area contributed by atoms with Crippen molar-refractivity contribution in [3.63, 3.8) is 0 Å². The fourth-order valence-corrected chi connectivity index (χ4v) is 8.31. The van der Waals surface area contributed by atoms with Crippen LogP contribution >= 0.6 is 11.3 Å². The van der Waals surface area contributed by atoms with E-state index in [9.17, 15) is 19.2 Å². The number of nitrogens with zero attached hydrogens (tertiary/aromatic N) is 5. The summed E-state index contributed by atoms with van der Waals surface area (Å²) in [7, 11) is 1.70. The zero-order valence-corrected chi connectivity index (χ0v) is 24.5. The zero-order valence-electron chi connectivity index (χ0n) is 22.8. The van der Waals surface area contributed by atoms with Crippen LogP contribution < -0.4 is 4.90 Å². The van der Waals surface area contributed by atoms with Gasteiger partial charge in [-0.05, 0) is 81.7 Å². The van der Waals surface area contributed by atoms with E-state index in [2.05, 4.69) is 27.4 Å². The highest BCUT2D eigenvalue weighted by Crippen LogP contribution is 2.49. The van der Waals surface area contributed by atoms with Crippen molar-refractivity contribution >= 4 is 40.1 Å². The van der Waals surface area contributed by atoms with Gasteiger partial charge in [-0.2, -0.15) is 4.68 Å². The minimum atomic E-state index is -1.30. The smallest absolute Gasteiger partial charge is 0.361 e. The monoisotopic (exact) mass is 559 g/mol. The first-order valence-corrected chi connectivity index (χ1v) is 15.3. The topological polar surface area (TPSA) is 124 Å². The second-order valence-electron chi connectivity index (χ2n) is 11.5. The summed E-state index contributed by atoms with van der Waals surface area (Å²) < 4.78 is 14.6. The Morgan fingerprint density at radius 2 is 1.87 bits per heavy atom. The van der Waals surface area contributed by atoms with Crippen LogP contribution in [0.1, 0.15) is 100 Å². The number of rotatable bonds is 6. The molecule has 2 aliphatic rings.